The molecule has 1 aromatic heterocycles. The molecular formula is C23H30N4O5. The van der Waals surface area contributed by atoms with Crippen molar-refractivity contribution in [2.75, 3.05) is 51.0 Å². The van der Waals surface area contributed by atoms with Gasteiger partial charge in [0.05, 0.1) is 13.2 Å². The summed E-state index contributed by atoms with van der Waals surface area (Å²) in [5.41, 5.74) is 1.95. The molecule has 1 aromatic carbocycles. The van der Waals surface area contributed by atoms with Gasteiger partial charge in [-0.15, -0.1) is 0 Å². The summed E-state index contributed by atoms with van der Waals surface area (Å²) in [6, 6.07) is 5.73. The molecule has 2 aromatic rings. The van der Waals surface area contributed by atoms with E-state index < -0.39 is 0 Å². The lowest BCUT2D eigenvalue weighted by Gasteiger charge is -2.27. The van der Waals surface area contributed by atoms with Crippen LogP contribution in [0, 0.1) is 6.92 Å². The highest BCUT2D eigenvalue weighted by atomic mass is 16.6. The van der Waals surface area contributed by atoms with E-state index in [0.29, 0.717) is 87.7 Å². The van der Waals surface area contributed by atoms with Gasteiger partial charge in [-0.25, -0.2) is 4.98 Å². The van der Waals surface area contributed by atoms with Gasteiger partial charge in [0.15, 0.2) is 11.5 Å². The Bertz CT molecular complexity index is 1020. The van der Waals surface area contributed by atoms with Crippen molar-refractivity contribution in [2.24, 2.45) is 0 Å². The van der Waals surface area contributed by atoms with Crippen LogP contribution in [0.1, 0.15) is 30.2 Å². The lowest BCUT2D eigenvalue weighted by molar-refractivity contribution is -0.131. The Morgan fingerprint density at radius 1 is 1.19 bits per heavy atom. The van der Waals surface area contributed by atoms with Crippen molar-refractivity contribution in [1.29, 1.82) is 0 Å². The number of morpholine rings is 1. The van der Waals surface area contributed by atoms with Gasteiger partial charge in [-0.2, -0.15) is 0 Å². The number of rotatable bonds is 7. The maximum Gasteiger partial charge on any atom is 0.255 e. The Morgan fingerprint density at radius 3 is 2.72 bits per heavy atom. The molecule has 0 spiro atoms. The summed E-state index contributed by atoms with van der Waals surface area (Å²) in [6.45, 7) is 8.43. The standard InChI is InChI=1S/C23H30N4O5/c1-3-26(15-17-5-4-6-19-21(17)32-14-13-31-19)20(28)8-7-18-16(2)24-23(25-22(18)29)27-9-11-30-12-10-27/h4-6H,3,7-15H2,1-2H3,(H,24,25,29). The van der Waals surface area contributed by atoms with Crippen LogP contribution >= 0.6 is 0 Å². The number of amides is 1. The summed E-state index contributed by atoms with van der Waals surface area (Å²) in [4.78, 5) is 36.9. The minimum Gasteiger partial charge on any atom is -0.486 e. The number of nitrogens with zero attached hydrogens (tertiary/aromatic N) is 3. The maximum atomic E-state index is 13.0. The van der Waals surface area contributed by atoms with Crippen LogP contribution in [-0.2, 0) is 22.5 Å². The summed E-state index contributed by atoms with van der Waals surface area (Å²) < 4.78 is 16.8. The lowest BCUT2D eigenvalue weighted by atomic mass is 10.1. The Labute approximate surface area is 187 Å². The van der Waals surface area contributed by atoms with E-state index in [4.69, 9.17) is 14.2 Å². The van der Waals surface area contributed by atoms with Crippen molar-refractivity contribution >= 4 is 11.9 Å². The highest BCUT2D eigenvalue weighted by Crippen LogP contribution is 2.34. The van der Waals surface area contributed by atoms with Crippen LogP contribution in [0.15, 0.2) is 23.0 Å². The average molecular weight is 443 g/mol. The molecule has 0 atom stereocenters. The monoisotopic (exact) mass is 442 g/mol. The molecule has 0 unspecified atom stereocenters. The highest BCUT2D eigenvalue weighted by molar-refractivity contribution is 5.76. The third-order valence-corrected chi connectivity index (χ3v) is 5.85. The number of aryl methyl sites for hydroxylation is 1. The van der Waals surface area contributed by atoms with Crippen LogP contribution in [0.3, 0.4) is 0 Å². The molecule has 2 aliphatic heterocycles. The molecule has 0 saturated carbocycles. The highest BCUT2D eigenvalue weighted by Gasteiger charge is 2.21. The first kappa shape index (κ1) is 22.1. The largest absolute Gasteiger partial charge is 0.486 e. The number of aromatic amines is 1. The molecule has 0 radical (unpaired) electrons. The Hall–Kier alpha value is -3.07. The number of ether oxygens (including phenoxy) is 3. The van der Waals surface area contributed by atoms with Gasteiger partial charge in [-0.3, -0.25) is 14.6 Å². The fraction of sp³-hybridized carbons (Fsp3) is 0.522. The van der Waals surface area contributed by atoms with Crippen LogP contribution in [0.25, 0.3) is 0 Å². The first-order valence-corrected chi connectivity index (χ1v) is 11.1. The summed E-state index contributed by atoms with van der Waals surface area (Å²) >= 11 is 0. The van der Waals surface area contributed by atoms with E-state index in [0.717, 1.165) is 5.56 Å². The minimum absolute atomic E-state index is 0.0158. The van der Waals surface area contributed by atoms with Crippen LogP contribution in [0.5, 0.6) is 11.5 Å². The third kappa shape index (κ3) is 4.88. The van der Waals surface area contributed by atoms with E-state index in [2.05, 4.69) is 9.97 Å². The van der Waals surface area contributed by atoms with Crippen molar-refractivity contribution < 1.29 is 19.0 Å². The van der Waals surface area contributed by atoms with E-state index in [1.807, 2.05) is 36.9 Å². The number of para-hydroxylation sites is 1. The van der Waals surface area contributed by atoms with Crippen molar-refractivity contribution in [1.82, 2.24) is 14.9 Å². The number of nitrogens with one attached hydrogen (secondary N) is 1. The number of benzene rings is 1. The second kappa shape index (κ2) is 10.0. The Balaban J connectivity index is 1.42. The van der Waals surface area contributed by atoms with Crippen LogP contribution in [0.2, 0.25) is 0 Å². The molecule has 1 amide bonds. The predicted molar refractivity (Wildman–Crippen MR) is 119 cm³/mol. The second-order valence-corrected chi connectivity index (χ2v) is 7.90. The summed E-state index contributed by atoms with van der Waals surface area (Å²) in [7, 11) is 0. The first-order chi connectivity index (χ1) is 15.6. The first-order valence-electron chi connectivity index (χ1n) is 11.1. The van der Waals surface area contributed by atoms with Gasteiger partial charge in [-0.05, 0) is 26.3 Å². The normalized spacial score (nSPS) is 15.5. The number of hydrogen-bond donors (Lipinski definition) is 1. The third-order valence-electron chi connectivity index (χ3n) is 5.85. The number of H-pyrrole nitrogens is 1. The summed E-state index contributed by atoms with van der Waals surface area (Å²) in [5.74, 6) is 1.97. The fourth-order valence-electron chi connectivity index (χ4n) is 4.05. The number of anilines is 1. The number of fused-ring (bicyclic) bond motifs is 1. The Morgan fingerprint density at radius 2 is 1.97 bits per heavy atom. The quantitative estimate of drug-likeness (QED) is 0.697. The molecule has 0 bridgehead atoms. The van der Waals surface area contributed by atoms with E-state index in [9.17, 15) is 9.59 Å². The molecule has 32 heavy (non-hydrogen) atoms. The Kier molecular flexibility index (Phi) is 6.94. The molecule has 1 saturated heterocycles. The molecule has 3 heterocycles. The van der Waals surface area contributed by atoms with Crippen LogP contribution in [-0.4, -0.2) is 66.8 Å². The molecule has 4 rings (SSSR count). The minimum atomic E-state index is -0.183. The number of aromatic nitrogens is 2. The van der Waals surface area contributed by atoms with Gasteiger partial charge in [0.2, 0.25) is 11.9 Å². The molecule has 172 valence electrons. The van der Waals surface area contributed by atoms with Crippen LogP contribution in [0.4, 0.5) is 5.95 Å². The summed E-state index contributed by atoms with van der Waals surface area (Å²) in [5, 5.41) is 0. The van der Waals surface area contributed by atoms with Crippen LogP contribution < -0.4 is 19.9 Å². The van der Waals surface area contributed by atoms with E-state index in [1.54, 1.807) is 4.90 Å². The van der Waals surface area contributed by atoms with Crippen molar-refractivity contribution in [3.63, 3.8) is 0 Å². The van der Waals surface area contributed by atoms with E-state index >= 15 is 0 Å². The molecular weight excluding hydrogens is 412 g/mol. The molecule has 1 N–H and O–H groups in total. The predicted octanol–water partition coefficient (Wildman–Crippen LogP) is 1.67. The van der Waals surface area contributed by atoms with Gasteiger partial charge < -0.3 is 24.0 Å². The van der Waals surface area contributed by atoms with Crippen molar-refractivity contribution in [3.05, 3.63) is 45.4 Å². The number of carbonyl (C=O) groups excluding carboxylic acids is 1. The van der Waals surface area contributed by atoms with Crippen molar-refractivity contribution in [3.8, 4) is 11.5 Å². The molecule has 2 aliphatic rings. The molecule has 1 fully saturated rings. The second-order valence-electron chi connectivity index (χ2n) is 7.90. The molecule has 9 nitrogen and oxygen atoms in total. The van der Waals surface area contributed by atoms with Crippen molar-refractivity contribution in [2.45, 2.75) is 33.2 Å². The fourth-order valence-corrected chi connectivity index (χ4v) is 4.05. The molecule has 9 heteroatoms. The zero-order chi connectivity index (χ0) is 22.5. The van der Waals surface area contributed by atoms with Gasteiger partial charge in [-0.1, -0.05) is 12.1 Å². The zero-order valence-corrected chi connectivity index (χ0v) is 18.7. The van der Waals surface area contributed by atoms with Gasteiger partial charge >= 0.3 is 0 Å². The topological polar surface area (TPSA) is 97.0 Å². The molecule has 0 aliphatic carbocycles. The number of hydrogen-bond acceptors (Lipinski definition) is 7. The SMILES string of the molecule is CCN(Cc1cccc2c1OCCO2)C(=O)CCc1c(C)nc(N2CCOCC2)[nH]c1=O. The van der Waals surface area contributed by atoms with E-state index in [1.165, 1.54) is 0 Å². The zero-order valence-electron chi connectivity index (χ0n) is 18.7. The lowest BCUT2D eigenvalue weighted by Crippen LogP contribution is -2.38. The van der Waals surface area contributed by atoms with Gasteiger partial charge in [0, 0.05) is 49.4 Å². The average Bonchev–Trinajstić information content (AvgIpc) is 2.82. The maximum absolute atomic E-state index is 13.0. The number of carbonyl (C=O) groups is 1. The van der Waals surface area contributed by atoms with Gasteiger partial charge in [0.1, 0.15) is 13.2 Å². The smallest absolute Gasteiger partial charge is 0.255 e. The summed E-state index contributed by atoms with van der Waals surface area (Å²) in [6.07, 6.45) is 0.585. The van der Waals surface area contributed by atoms with E-state index in [-0.39, 0.29) is 17.9 Å². The van der Waals surface area contributed by atoms with Gasteiger partial charge in [0.25, 0.3) is 5.56 Å².